The summed E-state index contributed by atoms with van der Waals surface area (Å²) in [7, 11) is -1.16. The summed E-state index contributed by atoms with van der Waals surface area (Å²) in [4.78, 5) is 14.8. The molecule has 1 aliphatic heterocycles. The van der Waals surface area contributed by atoms with Crippen molar-refractivity contribution in [1.82, 2.24) is 14.7 Å². The van der Waals surface area contributed by atoms with Gasteiger partial charge in [-0.1, -0.05) is 24.6 Å². The highest BCUT2D eigenvalue weighted by Gasteiger charge is 2.40. The number of carbonyl (C=O) groups is 1. The molecule has 1 aliphatic carbocycles. The van der Waals surface area contributed by atoms with Gasteiger partial charge in [-0.25, -0.2) is 8.42 Å². The quantitative estimate of drug-likeness (QED) is 0.831. The SMILES string of the molecule is Cn1nc(CC(=O)N2CCS(=O)(=O)CC2C2CCC2)c2ccccc21. The van der Waals surface area contributed by atoms with Gasteiger partial charge in [0.25, 0.3) is 0 Å². The van der Waals surface area contributed by atoms with Crippen LogP contribution in [0.25, 0.3) is 10.9 Å². The molecule has 1 atom stereocenters. The third-order valence-corrected chi connectivity index (χ3v) is 7.29. The Kier molecular flexibility index (Phi) is 4.06. The molecule has 1 saturated carbocycles. The molecule has 0 N–H and O–H groups in total. The molecule has 2 heterocycles. The molecule has 134 valence electrons. The van der Waals surface area contributed by atoms with Crippen molar-refractivity contribution < 1.29 is 13.2 Å². The van der Waals surface area contributed by atoms with Crippen LogP contribution in [0, 0.1) is 5.92 Å². The first-order valence-electron chi connectivity index (χ1n) is 8.85. The minimum absolute atomic E-state index is 0.00402. The number of sulfone groups is 1. The van der Waals surface area contributed by atoms with E-state index >= 15 is 0 Å². The lowest BCUT2D eigenvalue weighted by atomic mass is 9.79. The molecule has 6 nitrogen and oxygen atoms in total. The van der Waals surface area contributed by atoms with Gasteiger partial charge in [0, 0.05) is 25.0 Å². The Labute approximate surface area is 147 Å². The van der Waals surface area contributed by atoms with Gasteiger partial charge in [-0.05, 0) is 24.8 Å². The summed E-state index contributed by atoms with van der Waals surface area (Å²) in [6.07, 6.45) is 3.41. The van der Waals surface area contributed by atoms with Gasteiger partial charge in [-0.15, -0.1) is 0 Å². The zero-order valence-corrected chi connectivity index (χ0v) is 15.2. The third-order valence-electron chi connectivity index (χ3n) is 5.64. The lowest BCUT2D eigenvalue weighted by Gasteiger charge is -2.43. The number of aryl methyl sites for hydroxylation is 1. The molecule has 1 saturated heterocycles. The maximum Gasteiger partial charge on any atom is 0.229 e. The van der Waals surface area contributed by atoms with Crippen molar-refractivity contribution in [2.45, 2.75) is 31.7 Å². The van der Waals surface area contributed by atoms with Gasteiger partial charge in [-0.2, -0.15) is 5.10 Å². The van der Waals surface area contributed by atoms with E-state index in [-0.39, 0.29) is 29.9 Å². The fraction of sp³-hybridized carbons (Fsp3) is 0.556. The predicted octanol–water partition coefficient (Wildman–Crippen LogP) is 1.54. The normalized spacial score (nSPS) is 23.6. The van der Waals surface area contributed by atoms with Gasteiger partial charge in [-0.3, -0.25) is 9.48 Å². The van der Waals surface area contributed by atoms with Crippen molar-refractivity contribution in [2.75, 3.05) is 18.1 Å². The van der Waals surface area contributed by atoms with Gasteiger partial charge in [0.2, 0.25) is 5.91 Å². The smallest absolute Gasteiger partial charge is 0.229 e. The van der Waals surface area contributed by atoms with Crippen LogP contribution in [0.15, 0.2) is 24.3 Å². The topological polar surface area (TPSA) is 72.3 Å². The number of para-hydroxylation sites is 1. The van der Waals surface area contributed by atoms with Crippen LogP contribution in [0.5, 0.6) is 0 Å². The lowest BCUT2D eigenvalue weighted by Crippen LogP contribution is -2.56. The average molecular weight is 361 g/mol. The van der Waals surface area contributed by atoms with E-state index in [0.717, 1.165) is 35.9 Å². The van der Waals surface area contributed by atoms with Gasteiger partial charge >= 0.3 is 0 Å². The molecular weight excluding hydrogens is 338 g/mol. The van der Waals surface area contributed by atoms with E-state index in [9.17, 15) is 13.2 Å². The summed E-state index contributed by atoms with van der Waals surface area (Å²) >= 11 is 0. The molecule has 1 aromatic carbocycles. The number of hydrogen-bond donors (Lipinski definition) is 0. The van der Waals surface area contributed by atoms with E-state index in [1.54, 1.807) is 4.68 Å². The molecule has 1 aromatic heterocycles. The summed E-state index contributed by atoms with van der Waals surface area (Å²) < 4.78 is 25.9. The van der Waals surface area contributed by atoms with Crippen LogP contribution in [-0.2, 0) is 28.1 Å². The van der Waals surface area contributed by atoms with Crippen molar-refractivity contribution in [1.29, 1.82) is 0 Å². The number of carbonyl (C=O) groups excluding carboxylic acids is 1. The second kappa shape index (κ2) is 6.12. The molecule has 0 spiro atoms. The Hall–Kier alpha value is -1.89. The van der Waals surface area contributed by atoms with Gasteiger partial charge in [0.1, 0.15) is 0 Å². The Morgan fingerprint density at radius 1 is 1.28 bits per heavy atom. The van der Waals surface area contributed by atoms with Gasteiger partial charge < -0.3 is 4.90 Å². The first kappa shape index (κ1) is 16.6. The van der Waals surface area contributed by atoms with Crippen molar-refractivity contribution in [2.24, 2.45) is 13.0 Å². The summed E-state index contributed by atoms with van der Waals surface area (Å²) in [5, 5.41) is 5.50. The van der Waals surface area contributed by atoms with E-state index in [2.05, 4.69) is 5.10 Å². The van der Waals surface area contributed by atoms with Crippen LogP contribution in [0.4, 0.5) is 0 Å². The molecule has 0 bridgehead atoms. The highest BCUT2D eigenvalue weighted by molar-refractivity contribution is 7.91. The monoisotopic (exact) mass is 361 g/mol. The lowest BCUT2D eigenvalue weighted by molar-refractivity contribution is -0.134. The average Bonchev–Trinajstić information content (AvgIpc) is 2.82. The van der Waals surface area contributed by atoms with Gasteiger partial charge in [0.05, 0.1) is 29.1 Å². The molecule has 1 unspecified atom stereocenters. The van der Waals surface area contributed by atoms with Crippen LogP contribution in [0.2, 0.25) is 0 Å². The van der Waals surface area contributed by atoms with E-state index in [4.69, 9.17) is 0 Å². The third kappa shape index (κ3) is 3.05. The van der Waals surface area contributed by atoms with Crippen LogP contribution in [0.3, 0.4) is 0 Å². The zero-order valence-electron chi connectivity index (χ0n) is 14.4. The summed E-state index contributed by atoms with van der Waals surface area (Å²) in [5.74, 6) is 0.521. The highest BCUT2D eigenvalue weighted by Crippen LogP contribution is 2.35. The van der Waals surface area contributed by atoms with Gasteiger partial charge in [0.15, 0.2) is 9.84 Å². The maximum atomic E-state index is 13.0. The Morgan fingerprint density at radius 2 is 2.04 bits per heavy atom. The van der Waals surface area contributed by atoms with Crippen molar-refractivity contribution in [3.63, 3.8) is 0 Å². The Balaban J connectivity index is 1.58. The fourth-order valence-corrected chi connectivity index (χ4v) is 5.64. The van der Waals surface area contributed by atoms with Crippen LogP contribution < -0.4 is 0 Å². The van der Waals surface area contributed by atoms with Crippen LogP contribution in [-0.4, -0.2) is 53.1 Å². The maximum absolute atomic E-state index is 13.0. The number of hydrogen-bond acceptors (Lipinski definition) is 4. The molecule has 4 rings (SSSR count). The molecule has 2 aromatic rings. The minimum Gasteiger partial charge on any atom is -0.337 e. The molecule has 2 aliphatic rings. The number of rotatable bonds is 3. The van der Waals surface area contributed by atoms with Crippen molar-refractivity contribution in [3.8, 4) is 0 Å². The first-order valence-corrected chi connectivity index (χ1v) is 10.7. The fourth-order valence-electron chi connectivity index (χ4n) is 4.03. The summed E-state index contributed by atoms with van der Waals surface area (Å²) in [6.45, 7) is 0.313. The van der Waals surface area contributed by atoms with Crippen LogP contribution in [0.1, 0.15) is 25.0 Å². The molecule has 2 fully saturated rings. The first-order chi connectivity index (χ1) is 11.9. The Bertz CT molecular complexity index is 915. The molecule has 0 radical (unpaired) electrons. The molecule has 25 heavy (non-hydrogen) atoms. The van der Waals surface area contributed by atoms with Crippen molar-refractivity contribution >= 4 is 26.6 Å². The number of benzene rings is 1. The number of fused-ring (bicyclic) bond motifs is 1. The Morgan fingerprint density at radius 3 is 2.76 bits per heavy atom. The minimum atomic E-state index is -3.04. The van der Waals surface area contributed by atoms with Crippen molar-refractivity contribution in [3.05, 3.63) is 30.0 Å². The van der Waals surface area contributed by atoms with E-state index in [1.807, 2.05) is 36.2 Å². The molecule has 1 amide bonds. The van der Waals surface area contributed by atoms with Crippen LogP contribution >= 0.6 is 0 Å². The number of nitrogens with zero attached hydrogens (tertiary/aromatic N) is 3. The largest absolute Gasteiger partial charge is 0.337 e. The molecule has 7 heteroatoms. The number of amides is 1. The second-order valence-electron chi connectivity index (χ2n) is 7.22. The zero-order chi connectivity index (χ0) is 17.6. The summed E-state index contributed by atoms with van der Waals surface area (Å²) in [5.41, 5.74) is 1.77. The van der Waals surface area contributed by atoms with E-state index in [1.165, 1.54) is 0 Å². The highest BCUT2D eigenvalue weighted by atomic mass is 32.2. The van der Waals surface area contributed by atoms with E-state index < -0.39 is 9.84 Å². The molecular formula is C18H23N3O3S. The second-order valence-corrected chi connectivity index (χ2v) is 9.45. The predicted molar refractivity (Wildman–Crippen MR) is 95.9 cm³/mol. The van der Waals surface area contributed by atoms with E-state index in [0.29, 0.717) is 12.5 Å². The summed E-state index contributed by atoms with van der Waals surface area (Å²) in [6, 6.07) is 7.71. The standard InChI is InChI=1S/C18H23N3O3S/c1-20-16-8-3-2-7-14(16)15(19-20)11-18(22)21-9-10-25(23,24)12-17(21)13-5-4-6-13/h2-3,7-8,13,17H,4-6,9-12H2,1H3. The number of aromatic nitrogens is 2.